The molecule has 2 atom stereocenters. The molecule has 0 radical (unpaired) electrons. The molecule has 1 unspecified atom stereocenters. The number of sulfonamides is 1. The topological polar surface area (TPSA) is 92.8 Å². The average Bonchev–Trinajstić information content (AvgIpc) is 3.21. The molecule has 4 rings (SSSR count). The van der Waals surface area contributed by atoms with Gasteiger partial charge in [0, 0.05) is 36.8 Å². The van der Waals surface area contributed by atoms with E-state index in [1.54, 1.807) is 18.2 Å². The molecule has 0 amide bonds. The highest BCUT2D eigenvalue weighted by Crippen LogP contribution is 2.35. The fourth-order valence-electron chi connectivity index (χ4n) is 4.30. The van der Waals surface area contributed by atoms with Crippen LogP contribution in [0.2, 0.25) is 0 Å². The van der Waals surface area contributed by atoms with Gasteiger partial charge in [0.05, 0.1) is 9.93 Å². The lowest BCUT2D eigenvalue weighted by Crippen LogP contribution is -2.42. The fourth-order valence-corrected chi connectivity index (χ4v) is 5.95. The molecule has 208 valence electrons. The Morgan fingerprint density at radius 1 is 1.24 bits per heavy atom. The van der Waals surface area contributed by atoms with Gasteiger partial charge in [0.2, 0.25) is 15.9 Å². The predicted octanol–water partition coefficient (Wildman–Crippen LogP) is 4.78. The van der Waals surface area contributed by atoms with Crippen molar-refractivity contribution in [2.45, 2.75) is 63.9 Å². The van der Waals surface area contributed by atoms with Crippen LogP contribution in [-0.4, -0.2) is 43.8 Å². The van der Waals surface area contributed by atoms with Crippen molar-refractivity contribution in [3.8, 4) is 5.88 Å². The first-order valence-corrected chi connectivity index (χ1v) is 13.9. The number of alkyl halides is 3. The van der Waals surface area contributed by atoms with E-state index in [2.05, 4.69) is 24.8 Å². The Bertz CT molecular complexity index is 1310. The van der Waals surface area contributed by atoms with E-state index in [9.17, 15) is 21.6 Å². The minimum Gasteiger partial charge on any atom is -0.468 e. The zero-order chi connectivity index (χ0) is 27.9. The van der Waals surface area contributed by atoms with Crippen molar-refractivity contribution in [2.24, 2.45) is 5.41 Å². The quantitative estimate of drug-likeness (QED) is 0.492. The summed E-state index contributed by atoms with van der Waals surface area (Å²) in [5.41, 5.74) is 4.97. The maximum Gasteiger partial charge on any atom is 0.422 e. The van der Waals surface area contributed by atoms with E-state index in [0.29, 0.717) is 12.3 Å². The Kier molecular flexibility index (Phi) is 8.02. The first-order valence-electron chi connectivity index (χ1n) is 12.0. The van der Waals surface area contributed by atoms with Crippen molar-refractivity contribution in [1.29, 1.82) is 0 Å². The van der Waals surface area contributed by atoms with Crippen molar-refractivity contribution in [3.63, 3.8) is 0 Å². The molecule has 2 aromatic rings. The highest BCUT2D eigenvalue weighted by atomic mass is 35.5. The molecule has 0 aliphatic carbocycles. The number of aromatic nitrogens is 1. The number of allylic oxidation sites excluding steroid dienone is 1. The zero-order valence-electron chi connectivity index (χ0n) is 21.4. The van der Waals surface area contributed by atoms with E-state index >= 15 is 0 Å². The number of nitrogens with one attached hydrogen (secondary N) is 2. The zero-order valence-corrected chi connectivity index (χ0v) is 23.0. The van der Waals surface area contributed by atoms with Gasteiger partial charge in [-0.15, -0.1) is 5.48 Å². The second-order valence-corrected chi connectivity index (χ2v) is 12.5. The summed E-state index contributed by atoms with van der Waals surface area (Å²) in [5.74, 6) is 0.368. The molecule has 0 bridgehead atoms. The molecule has 8 nitrogen and oxygen atoms in total. The maximum absolute atomic E-state index is 13.2. The molecular weight excluding hydrogens is 545 g/mol. The van der Waals surface area contributed by atoms with Crippen LogP contribution < -0.4 is 14.9 Å². The Hall–Kier alpha value is -2.38. The summed E-state index contributed by atoms with van der Waals surface area (Å²) in [5, 5.41) is 0.252. The average molecular weight is 575 g/mol. The predicted molar refractivity (Wildman–Crippen MR) is 135 cm³/mol. The van der Waals surface area contributed by atoms with Gasteiger partial charge < -0.3 is 9.57 Å². The highest BCUT2D eigenvalue weighted by Gasteiger charge is 2.36. The summed E-state index contributed by atoms with van der Waals surface area (Å²) in [6.07, 6.45) is -3.12. The first kappa shape index (κ1) is 28.6. The minimum atomic E-state index is -4.43. The summed E-state index contributed by atoms with van der Waals surface area (Å²) >= 11 is 6.39. The van der Waals surface area contributed by atoms with Crippen molar-refractivity contribution < 1.29 is 31.2 Å². The number of hydrogen-bond donors (Lipinski definition) is 2. The van der Waals surface area contributed by atoms with Crippen LogP contribution in [0.5, 0.6) is 5.88 Å². The van der Waals surface area contributed by atoms with Crippen LogP contribution in [0.15, 0.2) is 52.2 Å². The fraction of sp³-hybridized carbons (Fsp3) is 0.480. The number of benzene rings is 1. The lowest BCUT2D eigenvalue weighted by molar-refractivity contribution is -0.154. The summed E-state index contributed by atoms with van der Waals surface area (Å²) < 4.78 is 70.7. The second-order valence-electron chi connectivity index (χ2n) is 10.4. The molecule has 13 heteroatoms. The van der Waals surface area contributed by atoms with Gasteiger partial charge in [-0.25, -0.2) is 13.4 Å². The number of hydroxylamine groups is 1. The number of hydrogen-bond acceptors (Lipinski definition) is 7. The van der Waals surface area contributed by atoms with Crippen LogP contribution in [-0.2, 0) is 27.8 Å². The number of pyridine rings is 1. The van der Waals surface area contributed by atoms with E-state index in [-0.39, 0.29) is 21.8 Å². The molecule has 0 fully saturated rings. The molecule has 2 aliphatic rings. The largest absolute Gasteiger partial charge is 0.468 e. The maximum atomic E-state index is 13.2. The standard InChI is InChI=1S/C25H30ClF3N4O4S/c1-15(17-6-8-20(30-12-17)36-14-25(27,28)29)33-10-9-16-5-7-19(11-18(16)13-33)38(34,35)32-23-21(26)22(37-31-23)24(2,3)4/h5-8,11-12,15,23,31-32H,9-10,13-14H2,1-4H3/t15-,23?/m1/s1. The molecule has 0 saturated heterocycles. The molecular formula is C25H30ClF3N4O4S. The van der Waals surface area contributed by atoms with E-state index in [1.807, 2.05) is 33.8 Å². The van der Waals surface area contributed by atoms with Gasteiger partial charge in [-0.3, -0.25) is 4.90 Å². The molecule has 0 saturated carbocycles. The number of halogens is 4. The summed E-state index contributed by atoms with van der Waals surface area (Å²) in [4.78, 5) is 11.7. The summed E-state index contributed by atoms with van der Waals surface area (Å²) in [6, 6.07) is 8.03. The van der Waals surface area contributed by atoms with Gasteiger partial charge in [-0.1, -0.05) is 44.5 Å². The Balaban J connectivity index is 1.45. The summed E-state index contributed by atoms with van der Waals surface area (Å²) in [7, 11) is -3.92. The molecule has 0 spiro atoms. The van der Waals surface area contributed by atoms with Crippen molar-refractivity contribution >= 4 is 21.6 Å². The van der Waals surface area contributed by atoms with Crippen molar-refractivity contribution in [3.05, 3.63) is 64.0 Å². The molecule has 3 heterocycles. The third kappa shape index (κ3) is 6.60. The van der Waals surface area contributed by atoms with Crippen molar-refractivity contribution in [2.75, 3.05) is 13.2 Å². The van der Waals surface area contributed by atoms with E-state index in [0.717, 1.165) is 29.7 Å². The lowest BCUT2D eigenvalue weighted by atomic mass is 9.93. The second kappa shape index (κ2) is 10.6. The Morgan fingerprint density at radius 3 is 2.58 bits per heavy atom. The normalized spacial score (nSPS) is 19.7. The van der Waals surface area contributed by atoms with Crippen LogP contribution in [0.3, 0.4) is 0 Å². The van der Waals surface area contributed by atoms with Crippen LogP contribution in [0, 0.1) is 5.41 Å². The SMILES string of the molecule is C[C@H](c1ccc(OCC(F)(F)F)nc1)N1CCc2ccc(S(=O)(=O)NC3NOC(C(C)(C)C)=C3Cl)cc2C1. The Labute approximate surface area is 225 Å². The van der Waals surface area contributed by atoms with Crippen LogP contribution in [0.1, 0.15) is 50.4 Å². The number of nitrogens with zero attached hydrogens (tertiary/aromatic N) is 2. The first-order chi connectivity index (χ1) is 17.6. The minimum absolute atomic E-state index is 0.101. The van der Waals surface area contributed by atoms with Gasteiger partial charge in [0.1, 0.15) is 11.9 Å². The lowest BCUT2D eigenvalue weighted by Gasteiger charge is -2.34. The Morgan fingerprint density at radius 2 is 1.97 bits per heavy atom. The molecule has 2 aliphatic heterocycles. The third-order valence-corrected chi connectivity index (χ3v) is 8.22. The van der Waals surface area contributed by atoms with Crippen molar-refractivity contribution in [1.82, 2.24) is 20.1 Å². The van der Waals surface area contributed by atoms with E-state index in [4.69, 9.17) is 16.4 Å². The molecule has 38 heavy (non-hydrogen) atoms. The van der Waals surface area contributed by atoms with Gasteiger partial charge in [-0.2, -0.15) is 17.9 Å². The van der Waals surface area contributed by atoms with Crippen LogP contribution >= 0.6 is 11.6 Å². The number of rotatable bonds is 7. The number of fused-ring (bicyclic) bond motifs is 1. The third-order valence-electron chi connectivity index (χ3n) is 6.41. The van der Waals surface area contributed by atoms with Gasteiger partial charge >= 0.3 is 6.18 Å². The monoisotopic (exact) mass is 574 g/mol. The molecule has 2 N–H and O–H groups in total. The van der Waals surface area contributed by atoms with Gasteiger partial charge in [0.25, 0.3) is 0 Å². The smallest absolute Gasteiger partial charge is 0.422 e. The van der Waals surface area contributed by atoms with Gasteiger partial charge in [-0.05, 0) is 42.2 Å². The van der Waals surface area contributed by atoms with Crippen LogP contribution in [0.25, 0.3) is 0 Å². The number of ether oxygens (including phenoxy) is 1. The van der Waals surface area contributed by atoms with Gasteiger partial charge in [0.15, 0.2) is 6.61 Å². The van der Waals surface area contributed by atoms with E-state index in [1.165, 1.54) is 12.3 Å². The van der Waals surface area contributed by atoms with Crippen LogP contribution in [0.4, 0.5) is 13.2 Å². The highest BCUT2D eigenvalue weighted by molar-refractivity contribution is 7.89. The summed E-state index contributed by atoms with van der Waals surface area (Å²) in [6.45, 7) is 7.51. The van der Waals surface area contributed by atoms with E-state index < -0.39 is 34.4 Å². The molecule has 1 aromatic heterocycles. The molecule has 1 aromatic carbocycles.